The van der Waals surface area contributed by atoms with Crippen molar-refractivity contribution in [2.24, 2.45) is 4.99 Å². The summed E-state index contributed by atoms with van der Waals surface area (Å²) < 4.78 is 0. The van der Waals surface area contributed by atoms with E-state index < -0.39 is 0 Å². The Hall–Kier alpha value is -0.850. The first kappa shape index (κ1) is 22.2. The first-order valence-electron chi connectivity index (χ1n) is 10.1. The van der Waals surface area contributed by atoms with Crippen LogP contribution in [-0.2, 0) is 0 Å². The molecular formula is C19H42N6. The van der Waals surface area contributed by atoms with Gasteiger partial charge >= 0.3 is 0 Å². The third kappa shape index (κ3) is 7.92. The van der Waals surface area contributed by atoms with Gasteiger partial charge in [0.25, 0.3) is 0 Å². The summed E-state index contributed by atoms with van der Waals surface area (Å²) in [5.74, 6) is 0.909. The van der Waals surface area contributed by atoms with Crippen LogP contribution in [0.3, 0.4) is 0 Å². The smallest absolute Gasteiger partial charge is 0.191 e. The van der Waals surface area contributed by atoms with Gasteiger partial charge in [0.05, 0.1) is 0 Å². The van der Waals surface area contributed by atoms with Gasteiger partial charge < -0.3 is 15.5 Å². The van der Waals surface area contributed by atoms with Crippen LogP contribution >= 0.6 is 0 Å². The summed E-state index contributed by atoms with van der Waals surface area (Å²) in [5.41, 5.74) is 0. The molecule has 0 aromatic rings. The van der Waals surface area contributed by atoms with Crippen molar-refractivity contribution in [3.63, 3.8) is 0 Å². The summed E-state index contributed by atoms with van der Waals surface area (Å²) >= 11 is 0. The maximum atomic E-state index is 4.37. The highest BCUT2D eigenvalue weighted by Gasteiger charge is 2.20. The molecule has 0 aromatic carbocycles. The second kappa shape index (κ2) is 11.7. The number of piperazine rings is 1. The van der Waals surface area contributed by atoms with Gasteiger partial charge in [0.2, 0.25) is 0 Å². The minimum absolute atomic E-state index is 0.528. The third-order valence-electron chi connectivity index (χ3n) is 5.25. The van der Waals surface area contributed by atoms with E-state index in [-0.39, 0.29) is 0 Å². The van der Waals surface area contributed by atoms with E-state index in [0.29, 0.717) is 18.1 Å². The van der Waals surface area contributed by atoms with Gasteiger partial charge in [-0.15, -0.1) is 0 Å². The topological polar surface area (TPSA) is 46.1 Å². The zero-order valence-corrected chi connectivity index (χ0v) is 17.7. The molecule has 1 fully saturated rings. The zero-order chi connectivity index (χ0) is 18.8. The fourth-order valence-corrected chi connectivity index (χ4v) is 3.53. The lowest BCUT2D eigenvalue weighted by atomic mass is 10.2. The second-order valence-electron chi connectivity index (χ2n) is 7.62. The van der Waals surface area contributed by atoms with E-state index in [1.165, 1.54) is 32.7 Å². The van der Waals surface area contributed by atoms with Gasteiger partial charge in [0.15, 0.2) is 5.96 Å². The molecule has 0 saturated carbocycles. The van der Waals surface area contributed by atoms with Gasteiger partial charge in [-0.3, -0.25) is 14.8 Å². The molecule has 1 atom stereocenters. The van der Waals surface area contributed by atoms with Crippen LogP contribution in [0.2, 0.25) is 0 Å². The van der Waals surface area contributed by atoms with Crippen molar-refractivity contribution in [3.8, 4) is 0 Å². The minimum Gasteiger partial charge on any atom is -0.355 e. The molecule has 1 rings (SSSR count). The van der Waals surface area contributed by atoms with Crippen molar-refractivity contribution in [3.05, 3.63) is 0 Å². The van der Waals surface area contributed by atoms with Gasteiger partial charge in [-0.2, -0.15) is 0 Å². The van der Waals surface area contributed by atoms with Crippen LogP contribution in [-0.4, -0.2) is 98.2 Å². The normalized spacial score (nSPS) is 19.0. The van der Waals surface area contributed by atoms with E-state index in [4.69, 9.17) is 0 Å². The molecule has 1 aliphatic rings. The quantitative estimate of drug-likeness (QED) is 0.483. The molecule has 0 aliphatic carbocycles. The molecule has 1 saturated heterocycles. The number of likely N-dealkylation sites (N-methyl/N-ethyl adjacent to an activating group) is 1. The Morgan fingerprint density at radius 3 is 2.08 bits per heavy atom. The van der Waals surface area contributed by atoms with E-state index in [1.807, 2.05) is 7.05 Å². The van der Waals surface area contributed by atoms with Crippen molar-refractivity contribution in [1.29, 1.82) is 0 Å². The predicted octanol–water partition coefficient (Wildman–Crippen LogP) is 1.30. The highest BCUT2D eigenvalue weighted by atomic mass is 15.3. The van der Waals surface area contributed by atoms with Crippen molar-refractivity contribution in [2.45, 2.75) is 59.7 Å². The molecule has 6 nitrogen and oxygen atoms in total. The fraction of sp³-hybridized carbons (Fsp3) is 0.947. The maximum Gasteiger partial charge on any atom is 0.191 e. The van der Waals surface area contributed by atoms with Gasteiger partial charge in [-0.1, -0.05) is 6.92 Å². The maximum absolute atomic E-state index is 4.37. The highest BCUT2D eigenvalue weighted by molar-refractivity contribution is 5.79. The molecule has 0 bridgehead atoms. The number of hydrogen-bond acceptors (Lipinski definition) is 4. The van der Waals surface area contributed by atoms with E-state index in [9.17, 15) is 0 Å². The summed E-state index contributed by atoms with van der Waals surface area (Å²) in [6.07, 6.45) is 0. The molecule has 25 heavy (non-hydrogen) atoms. The highest BCUT2D eigenvalue weighted by Crippen LogP contribution is 2.05. The van der Waals surface area contributed by atoms with Crippen LogP contribution in [0.1, 0.15) is 41.5 Å². The predicted molar refractivity (Wildman–Crippen MR) is 109 cm³/mol. The van der Waals surface area contributed by atoms with Gasteiger partial charge in [0, 0.05) is 71.0 Å². The van der Waals surface area contributed by atoms with Crippen molar-refractivity contribution in [2.75, 3.05) is 59.4 Å². The SMILES string of the molecule is CCN1CCN(C(C)CNC(=NC)NCCN(C(C)C)C(C)C)CC1. The molecule has 1 unspecified atom stereocenters. The summed E-state index contributed by atoms with van der Waals surface area (Å²) in [4.78, 5) is 12.0. The van der Waals surface area contributed by atoms with Crippen LogP contribution < -0.4 is 10.6 Å². The number of rotatable bonds is 9. The minimum atomic E-state index is 0.528. The Labute approximate surface area is 156 Å². The number of nitrogens with zero attached hydrogens (tertiary/aromatic N) is 4. The van der Waals surface area contributed by atoms with Crippen LogP contribution in [0.15, 0.2) is 4.99 Å². The number of nitrogens with one attached hydrogen (secondary N) is 2. The van der Waals surface area contributed by atoms with Crippen LogP contribution in [0, 0.1) is 0 Å². The lowest BCUT2D eigenvalue weighted by Gasteiger charge is -2.37. The Kier molecular flexibility index (Phi) is 10.4. The molecule has 0 radical (unpaired) electrons. The van der Waals surface area contributed by atoms with Crippen molar-refractivity contribution in [1.82, 2.24) is 25.3 Å². The van der Waals surface area contributed by atoms with Crippen LogP contribution in [0.5, 0.6) is 0 Å². The Bertz CT molecular complexity index is 366. The average Bonchev–Trinajstić information content (AvgIpc) is 2.60. The molecule has 148 valence electrons. The summed E-state index contributed by atoms with van der Waals surface area (Å²) in [6, 6.07) is 1.66. The molecule has 0 spiro atoms. The standard InChI is InChI=1S/C19H42N6/c1-8-23-11-13-24(14-12-23)18(6)15-22-19(20-7)21-9-10-25(16(2)3)17(4)5/h16-18H,8-15H2,1-7H3,(H2,20,21,22). The molecular weight excluding hydrogens is 312 g/mol. The van der Waals surface area contributed by atoms with Crippen molar-refractivity contribution >= 4 is 5.96 Å². The molecule has 1 aliphatic heterocycles. The monoisotopic (exact) mass is 354 g/mol. The third-order valence-corrected chi connectivity index (χ3v) is 5.25. The van der Waals surface area contributed by atoms with Gasteiger partial charge in [0.1, 0.15) is 0 Å². The lowest BCUT2D eigenvalue weighted by Crippen LogP contribution is -2.53. The molecule has 6 heteroatoms. The van der Waals surface area contributed by atoms with Gasteiger partial charge in [-0.05, 0) is 41.2 Å². The first-order valence-corrected chi connectivity index (χ1v) is 10.1. The van der Waals surface area contributed by atoms with Gasteiger partial charge in [-0.25, -0.2) is 0 Å². The largest absolute Gasteiger partial charge is 0.355 e. The Morgan fingerprint density at radius 1 is 1.00 bits per heavy atom. The zero-order valence-electron chi connectivity index (χ0n) is 17.7. The summed E-state index contributed by atoms with van der Waals surface area (Å²) in [7, 11) is 1.85. The first-order chi connectivity index (χ1) is 11.9. The molecule has 0 amide bonds. The number of aliphatic imine (C=N–C) groups is 1. The van der Waals surface area contributed by atoms with Crippen LogP contribution in [0.4, 0.5) is 0 Å². The molecule has 0 aromatic heterocycles. The average molecular weight is 355 g/mol. The van der Waals surface area contributed by atoms with E-state index in [0.717, 1.165) is 25.6 Å². The van der Waals surface area contributed by atoms with Crippen molar-refractivity contribution < 1.29 is 0 Å². The second-order valence-corrected chi connectivity index (χ2v) is 7.62. The lowest BCUT2D eigenvalue weighted by molar-refractivity contribution is 0.107. The van der Waals surface area contributed by atoms with E-state index in [2.05, 4.69) is 71.9 Å². The van der Waals surface area contributed by atoms with E-state index >= 15 is 0 Å². The summed E-state index contributed by atoms with van der Waals surface area (Å²) in [5, 5.41) is 6.94. The summed E-state index contributed by atoms with van der Waals surface area (Å²) in [6.45, 7) is 22.3. The molecule has 2 N–H and O–H groups in total. The van der Waals surface area contributed by atoms with E-state index in [1.54, 1.807) is 0 Å². The Balaban J connectivity index is 2.29. The number of hydrogen-bond donors (Lipinski definition) is 2. The number of guanidine groups is 1. The molecule has 1 heterocycles. The Morgan fingerprint density at radius 2 is 1.60 bits per heavy atom. The van der Waals surface area contributed by atoms with Crippen LogP contribution in [0.25, 0.3) is 0 Å². The fourth-order valence-electron chi connectivity index (χ4n) is 3.53.